The van der Waals surface area contributed by atoms with E-state index < -0.39 is 10.0 Å². The van der Waals surface area contributed by atoms with Gasteiger partial charge in [-0.25, -0.2) is 8.42 Å². The average molecular weight is 404 g/mol. The number of ether oxygens (including phenoxy) is 2. The summed E-state index contributed by atoms with van der Waals surface area (Å²) in [5, 5.41) is 2.91. The van der Waals surface area contributed by atoms with Gasteiger partial charge in [-0.2, -0.15) is 4.31 Å². The molecular formula is C20H24N2O5S. The number of nitrogens with one attached hydrogen (secondary N) is 1. The SMILES string of the molecule is COc1ccccc1C(C)NC(=O)c1ccc(S(=O)(=O)N2CCOCC2)cc1. The Morgan fingerprint density at radius 2 is 1.75 bits per heavy atom. The number of amides is 1. The Bertz CT molecular complexity index is 922. The van der Waals surface area contributed by atoms with Crippen LogP contribution in [0.25, 0.3) is 0 Å². The minimum absolute atomic E-state index is 0.170. The predicted molar refractivity (Wildman–Crippen MR) is 105 cm³/mol. The molecule has 1 saturated heterocycles. The molecule has 0 saturated carbocycles. The smallest absolute Gasteiger partial charge is 0.251 e. The van der Waals surface area contributed by atoms with Crippen LogP contribution in [0.4, 0.5) is 0 Å². The fourth-order valence-corrected chi connectivity index (χ4v) is 4.50. The van der Waals surface area contributed by atoms with Crippen molar-refractivity contribution >= 4 is 15.9 Å². The van der Waals surface area contributed by atoms with Crippen LogP contribution in [0.2, 0.25) is 0 Å². The van der Waals surface area contributed by atoms with Crippen LogP contribution in [-0.2, 0) is 14.8 Å². The largest absolute Gasteiger partial charge is 0.496 e. The second kappa shape index (κ2) is 8.72. The highest BCUT2D eigenvalue weighted by Gasteiger charge is 2.26. The van der Waals surface area contributed by atoms with E-state index in [-0.39, 0.29) is 16.8 Å². The summed E-state index contributed by atoms with van der Waals surface area (Å²) in [6.07, 6.45) is 0. The van der Waals surface area contributed by atoms with Gasteiger partial charge in [-0.3, -0.25) is 4.79 Å². The number of morpholine rings is 1. The molecule has 0 radical (unpaired) electrons. The Labute approximate surface area is 165 Å². The summed E-state index contributed by atoms with van der Waals surface area (Å²) in [6, 6.07) is 13.2. The Hall–Kier alpha value is -2.42. The molecule has 28 heavy (non-hydrogen) atoms. The van der Waals surface area contributed by atoms with E-state index in [0.717, 1.165) is 5.56 Å². The number of hydrogen-bond donors (Lipinski definition) is 1. The third-order valence-electron chi connectivity index (χ3n) is 4.68. The molecule has 1 atom stereocenters. The molecule has 0 bridgehead atoms. The zero-order valence-electron chi connectivity index (χ0n) is 15.9. The van der Waals surface area contributed by atoms with Crippen molar-refractivity contribution in [1.29, 1.82) is 0 Å². The molecule has 7 nitrogen and oxygen atoms in total. The Kier molecular flexibility index (Phi) is 6.33. The average Bonchev–Trinajstić information content (AvgIpc) is 2.74. The molecule has 3 rings (SSSR count). The Morgan fingerprint density at radius 3 is 2.39 bits per heavy atom. The molecule has 1 aliphatic heterocycles. The summed E-state index contributed by atoms with van der Waals surface area (Å²) in [7, 11) is -1.99. The fraction of sp³-hybridized carbons (Fsp3) is 0.350. The normalized spacial score (nSPS) is 16.4. The summed E-state index contributed by atoms with van der Waals surface area (Å²) in [5.41, 5.74) is 1.26. The second-order valence-electron chi connectivity index (χ2n) is 6.48. The van der Waals surface area contributed by atoms with Gasteiger partial charge in [0.2, 0.25) is 10.0 Å². The van der Waals surface area contributed by atoms with Gasteiger partial charge < -0.3 is 14.8 Å². The first-order valence-electron chi connectivity index (χ1n) is 9.05. The van der Waals surface area contributed by atoms with Crippen LogP contribution < -0.4 is 10.1 Å². The molecule has 2 aromatic carbocycles. The van der Waals surface area contributed by atoms with Gasteiger partial charge in [0.25, 0.3) is 5.91 Å². The van der Waals surface area contributed by atoms with Crippen molar-refractivity contribution in [3.05, 3.63) is 59.7 Å². The number of sulfonamides is 1. The van der Waals surface area contributed by atoms with Crippen LogP contribution in [0.1, 0.15) is 28.9 Å². The van der Waals surface area contributed by atoms with E-state index in [0.29, 0.717) is 37.6 Å². The van der Waals surface area contributed by atoms with Crippen LogP contribution in [0, 0.1) is 0 Å². The van der Waals surface area contributed by atoms with Gasteiger partial charge in [-0.05, 0) is 37.3 Å². The van der Waals surface area contributed by atoms with Crippen molar-refractivity contribution in [1.82, 2.24) is 9.62 Å². The first kappa shape index (κ1) is 20.3. The van der Waals surface area contributed by atoms with Gasteiger partial charge in [-0.15, -0.1) is 0 Å². The van der Waals surface area contributed by atoms with Gasteiger partial charge in [-0.1, -0.05) is 18.2 Å². The molecule has 1 heterocycles. The van der Waals surface area contributed by atoms with Crippen molar-refractivity contribution in [3.8, 4) is 5.75 Å². The van der Waals surface area contributed by atoms with Crippen LogP contribution in [0.3, 0.4) is 0 Å². The Balaban J connectivity index is 1.71. The number of hydrogen-bond acceptors (Lipinski definition) is 5. The maximum atomic E-state index is 12.7. The first-order chi connectivity index (χ1) is 13.4. The molecular weight excluding hydrogens is 380 g/mol. The monoisotopic (exact) mass is 404 g/mol. The van der Waals surface area contributed by atoms with Crippen LogP contribution >= 0.6 is 0 Å². The zero-order valence-corrected chi connectivity index (χ0v) is 16.7. The number of carbonyl (C=O) groups is 1. The van der Waals surface area contributed by atoms with E-state index in [9.17, 15) is 13.2 Å². The highest BCUT2D eigenvalue weighted by atomic mass is 32.2. The second-order valence-corrected chi connectivity index (χ2v) is 8.42. The maximum absolute atomic E-state index is 12.7. The number of nitrogens with zero attached hydrogens (tertiary/aromatic N) is 1. The van der Waals surface area contributed by atoms with Crippen molar-refractivity contribution in [2.75, 3.05) is 33.4 Å². The minimum Gasteiger partial charge on any atom is -0.496 e. The van der Waals surface area contributed by atoms with Gasteiger partial charge >= 0.3 is 0 Å². The van der Waals surface area contributed by atoms with E-state index in [4.69, 9.17) is 9.47 Å². The number of carbonyl (C=O) groups excluding carboxylic acids is 1. The summed E-state index contributed by atoms with van der Waals surface area (Å²) < 4.78 is 37.2. The number of rotatable bonds is 6. The number of para-hydroxylation sites is 1. The molecule has 150 valence electrons. The molecule has 8 heteroatoms. The van der Waals surface area contributed by atoms with Crippen molar-refractivity contribution in [2.45, 2.75) is 17.9 Å². The molecule has 1 unspecified atom stereocenters. The van der Waals surface area contributed by atoms with E-state index in [2.05, 4.69) is 5.32 Å². The molecule has 0 spiro atoms. The molecule has 1 amide bonds. The van der Waals surface area contributed by atoms with Crippen LogP contribution in [0.15, 0.2) is 53.4 Å². The predicted octanol–water partition coefficient (Wildman–Crippen LogP) is 2.21. The van der Waals surface area contributed by atoms with Crippen LogP contribution in [0.5, 0.6) is 5.75 Å². The summed E-state index contributed by atoms with van der Waals surface area (Å²) in [6.45, 7) is 3.32. The number of benzene rings is 2. The van der Waals surface area contributed by atoms with Gasteiger partial charge in [0.1, 0.15) is 5.75 Å². The lowest BCUT2D eigenvalue weighted by Crippen LogP contribution is -2.40. The lowest BCUT2D eigenvalue weighted by atomic mass is 10.1. The van der Waals surface area contributed by atoms with E-state index in [1.165, 1.54) is 28.6 Å². The van der Waals surface area contributed by atoms with E-state index in [1.807, 2.05) is 31.2 Å². The molecule has 2 aromatic rings. The van der Waals surface area contributed by atoms with Crippen molar-refractivity contribution in [3.63, 3.8) is 0 Å². The van der Waals surface area contributed by atoms with Crippen molar-refractivity contribution in [2.24, 2.45) is 0 Å². The maximum Gasteiger partial charge on any atom is 0.251 e. The van der Waals surface area contributed by atoms with Gasteiger partial charge in [0, 0.05) is 24.2 Å². The highest BCUT2D eigenvalue weighted by molar-refractivity contribution is 7.89. The van der Waals surface area contributed by atoms with E-state index in [1.54, 1.807) is 7.11 Å². The molecule has 0 aromatic heterocycles. The molecule has 1 N–H and O–H groups in total. The van der Waals surface area contributed by atoms with Gasteiger partial charge in [0.05, 0.1) is 31.3 Å². The fourth-order valence-electron chi connectivity index (χ4n) is 3.10. The third-order valence-corrected chi connectivity index (χ3v) is 6.59. The van der Waals surface area contributed by atoms with Gasteiger partial charge in [0.15, 0.2) is 0 Å². The lowest BCUT2D eigenvalue weighted by Gasteiger charge is -2.26. The van der Waals surface area contributed by atoms with E-state index >= 15 is 0 Å². The number of methoxy groups -OCH3 is 1. The summed E-state index contributed by atoms with van der Waals surface area (Å²) >= 11 is 0. The first-order valence-corrected chi connectivity index (χ1v) is 10.5. The molecule has 1 fully saturated rings. The lowest BCUT2D eigenvalue weighted by molar-refractivity contribution is 0.0730. The minimum atomic E-state index is -3.57. The third kappa shape index (κ3) is 4.35. The summed E-state index contributed by atoms with van der Waals surface area (Å²) in [5.74, 6) is 0.413. The highest BCUT2D eigenvalue weighted by Crippen LogP contribution is 2.25. The Morgan fingerprint density at radius 1 is 1.11 bits per heavy atom. The quantitative estimate of drug-likeness (QED) is 0.798. The summed E-state index contributed by atoms with van der Waals surface area (Å²) in [4.78, 5) is 12.7. The molecule has 0 aliphatic carbocycles. The molecule has 1 aliphatic rings. The van der Waals surface area contributed by atoms with Crippen molar-refractivity contribution < 1.29 is 22.7 Å². The zero-order chi connectivity index (χ0) is 20.1. The topological polar surface area (TPSA) is 84.9 Å². The van der Waals surface area contributed by atoms with Crippen LogP contribution in [-0.4, -0.2) is 52.0 Å². The standard InChI is InChI=1S/C20H24N2O5S/c1-15(18-5-3-4-6-19(18)26-2)21-20(23)16-7-9-17(10-8-16)28(24,25)22-11-13-27-14-12-22/h3-10,15H,11-14H2,1-2H3,(H,21,23).